The second-order valence-corrected chi connectivity index (χ2v) is 6.43. The molecule has 19 heavy (non-hydrogen) atoms. The number of aryl methyl sites for hydroxylation is 2. The van der Waals surface area contributed by atoms with Crippen molar-refractivity contribution in [2.45, 2.75) is 13.8 Å². The second-order valence-electron chi connectivity index (χ2n) is 4.35. The number of hydrogen-bond donors (Lipinski definition) is 1. The van der Waals surface area contributed by atoms with E-state index in [0.717, 1.165) is 13.7 Å². The molecule has 4 heteroatoms. The van der Waals surface area contributed by atoms with E-state index in [9.17, 15) is 5.11 Å². The summed E-state index contributed by atoms with van der Waals surface area (Å²) in [7, 11) is 0. The zero-order chi connectivity index (χ0) is 14.0. The van der Waals surface area contributed by atoms with E-state index in [1.807, 2.05) is 30.3 Å². The first-order chi connectivity index (χ1) is 8.97. The van der Waals surface area contributed by atoms with Crippen molar-refractivity contribution in [3.63, 3.8) is 0 Å². The van der Waals surface area contributed by atoms with Crippen molar-refractivity contribution in [3.05, 3.63) is 55.1 Å². The van der Waals surface area contributed by atoms with Crippen LogP contribution in [0.4, 0.5) is 5.69 Å². The third-order valence-electron chi connectivity index (χ3n) is 2.90. The summed E-state index contributed by atoms with van der Waals surface area (Å²) in [6.45, 7) is 4.14. The van der Waals surface area contributed by atoms with Crippen LogP contribution in [0.1, 0.15) is 16.7 Å². The van der Waals surface area contributed by atoms with Crippen molar-refractivity contribution in [3.8, 4) is 5.75 Å². The molecule has 0 bridgehead atoms. The van der Waals surface area contributed by atoms with Gasteiger partial charge >= 0.3 is 0 Å². The lowest BCUT2D eigenvalue weighted by Gasteiger charge is -2.03. The van der Waals surface area contributed by atoms with E-state index in [1.165, 1.54) is 11.1 Å². The van der Waals surface area contributed by atoms with Gasteiger partial charge in [0.1, 0.15) is 5.75 Å². The molecule has 0 heterocycles. The Bertz CT molecular complexity index is 653. The number of aromatic hydroxyl groups is 1. The van der Waals surface area contributed by atoms with Crippen LogP contribution >= 0.6 is 38.5 Å². The third kappa shape index (κ3) is 3.57. The number of aliphatic imine (C=N–C) groups is 1. The molecule has 0 spiro atoms. The molecule has 0 fully saturated rings. The molecule has 0 aliphatic heterocycles. The van der Waals surface area contributed by atoms with Crippen LogP contribution in [0.2, 0.25) is 0 Å². The molecular formula is C15H13BrINO. The molecule has 2 rings (SSSR count). The van der Waals surface area contributed by atoms with Crippen molar-refractivity contribution in [2.24, 2.45) is 4.99 Å². The fourth-order valence-electron chi connectivity index (χ4n) is 1.63. The monoisotopic (exact) mass is 429 g/mol. The van der Waals surface area contributed by atoms with Crippen LogP contribution in [0.15, 0.2) is 39.8 Å². The van der Waals surface area contributed by atoms with Gasteiger partial charge < -0.3 is 5.11 Å². The van der Waals surface area contributed by atoms with Crippen LogP contribution in [-0.4, -0.2) is 11.3 Å². The van der Waals surface area contributed by atoms with Gasteiger partial charge in [-0.1, -0.05) is 22.0 Å². The summed E-state index contributed by atoms with van der Waals surface area (Å²) >= 11 is 5.51. The molecule has 0 atom stereocenters. The average molecular weight is 430 g/mol. The first-order valence-corrected chi connectivity index (χ1v) is 7.64. The Balaban J connectivity index is 2.35. The van der Waals surface area contributed by atoms with Gasteiger partial charge in [0, 0.05) is 16.3 Å². The van der Waals surface area contributed by atoms with Gasteiger partial charge in [-0.3, -0.25) is 4.99 Å². The summed E-state index contributed by atoms with van der Waals surface area (Å²) in [6.07, 6.45) is 1.69. The third-order valence-corrected chi connectivity index (χ3v) is 4.18. The largest absolute Gasteiger partial charge is 0.506 e. The molecule has 0 saturated carbocycles. The van der Waals surface area contributed by atoms with Crippen LogP contribution in [-0.2, 0) is 0 Å². The summed E-state index contributed by atoms with van der Waals surface area (Å²) in [5, 5.41) is 9.98. The van der Waals surface area contributed by atoms with E-state index in [-0.39, 0.29) is 5.75 Å². The topological polar surface area (TPSA) is 32.6 Å². The molecule has 1 N–H and O–H groups in total. The van der Waals surface area contributed by atoms with Gasteiger partial charge in [-0.2, -0.15) is 0 Å². The second kappa shape index (κ2) is 6.05. The molecule has 2 aromatic carbocycles. The van der Waals surface area contributed by atoms with Crippen LogP contribution < -0.4 is 0 Å². The van der Waals surface area contributed by atoms with E-state index in [1.54, 1.807) is 6.21 Å². The van der Waals surface area contributed by atoms with E-state index < -0.39 is 0 Å². The highest BCUT2D eigenvalue weighted by molar-refractivity contribution is 14.1. The van der Waals surface area contributed by atoms with Gasteiger partial charge in [-0.05, 0) is 71.8 Å². The number of rotatable bonds is 2. The maximum atomic E-state index is 9.98. The lowest BCUT2D eigenvalue weighted by Crippen LogP contribution is -1.86. The van der Waals surface area contributed by atoms with Crippen molar-refractivity contribution in [2.75, 3.05) is 0 Å². The highest BCUT2D eigenvalue weighted by Crippen LogP contribution is 2.28. The Morgan fingerprint density at radius 2 is 1.89 bits per heavy atom. The quantitative estimate of drug-likeness (QED) is 0.521. The normalized spacial score (nSPS) is 11.2. The molecule has 0 aliphatic rings. The summed E-state index contributed by atoms with van der Waals surface area (Å²) < 4.78 is 1.73. The van der Waals surface area contributed by atoms with E-state index in [0.29, 0.717) is 5.56 Å². The Hall–Kier alpha value is -0.880. The number of phenolic OH excluding ortho intramolecular Hbond substituents is 1. The smallest absolute Gasteiger partial charge is 0.137 e. The maximum Gasteiger partial charge on any atom is 0.137 e. The van der Waals surface area contributed by atoms with Crippen molar-refractivity contribution in [1.82, 2.24) is 0 Å². The zero-order valence-corrected chi connectivity index (χ0v) is 14.4. The average Bonchev–Trinajstić information content (AvgIpc) is 2.36. The van der Waals surface area contributed by atoms with Crippen molar-refractivity contribution >= 4 is 50.4 Å². The predicted octanol–water partition coefficient (Wildman–Crippen LogP) is 5.13. The summed E-state index contributed by atoms with van der Waals surface area (Å²) in [6, 6.07) is 9.77. The zero-order valence-electron chi connectivity index (χ0n) is 10.6. The molecule has 0 unspecified atom stereocenters. The van der Waals surface area contributed by atoms with Crippen LogP contribution in [0.25, 0.3) is 0 Å². The molecule has 0 amide bonds. The number of nitrogens with zero attached hydrogens (tertiary/aromatic N) is 1. The summed E-state index contributed by atoms with van der Waals surface area (Å²) in [4.78, 5) is 4.41. The lowest BCUT2D eigenvalue weighted by atomic mass is 10.1. The number of halogens is 2. The van der Waals surface area contributed by atoms with Crippen molar-refractivity contribution < 1.29 is 5.11 Å². The minimum absolute atomic E-state index is 0.261. The predicted molar refractivity (Wildman–Crippen MR) is 91.7 cm³/mol. The Morgan fingerprint density at radius 1 is 1.16 bits per heavy atom. The molecule has 0 radical (unpaired) electrons. The highest BCUT2D eigenvalue weighted by Gasteiger charge is 2.05. The van der Waals surface area contributed by atoms with E-state index in [4.69, 9.17) is 0 Å². The maximum absolute atomic E-state index is 9.98. The van der Waals surface area contributed by atoms with Gasteiger partial charge in [-0.25, -0.2) is 0 Å². The highest BCUT2D eigenvalue weighted by atomic mass is 127. The van der Waals surface area contributed by atoms with E-state index in [2.05, 4.69) is 57.4 Å². The summed E-state index contributed by atoms with van der Waals surface area (Å²) in [5.74, 6) is 0.261. The van der Waals surface area contributed by atoms with Crippen molar-refractivity contribution in [1.29, 1.82) is 0 Å². The van der Waals surface area contributed by atoms with Gasteiger partial charge in [0.2, 0.25) is 0 Å². The lowest BCUT2D eigenvalue weighted by molar-refractivity contribution is 0.470. The summed E-state index contributed by atoms with van der Waals surface area (Å²) in [5.41, 5.74) is 4.05. The first kappa shape index (κ1) is 14.5. The van der Waals surface area contributed by atoms with Gasteiger partial charge in [0.05, 0.1) is 9.26 Å². The van der Waals surface area contributed by atoms with Crippen LogP contribution in [0, 0.1) is 17.4 Å². The molecule has 2 nitrogen and oxygen atoms in total. The Kier molecular flexibility index (Phi) is 4.62. The fourth-order valence-corrected chi connectivity index (χ4v) is 3.18. The van der Waals surface area contributed by atoms with Crippen LogP contribution in [0.5, 0.6) is 5.75 Å². The van der Waals surface area contributed by atoms with Gasteiger partial charge in [0.15, 0.2) is 0 Å². The molecule has 0 aromatic heterocycles. The van der Waals surface area contributed by atoms with Crippen LogP contribution in [0.3, 0.4) is 0 Å². The first-order valence-electron chi connectivity index (χ1n) is 5.76. The number of phenols is 1. The van der Waals surface area contributed by atoms with E-state index >= 15 is 0 Å². The Morgan fingerprint density at radius 3 is 2.58 bits per heavy atom. The Labute approximate surface area is 134 Å². The van der Waals surface area contributed by atoms with Gasteiger partial charge in [0.25, 0.3) is 0 Å². The standard InChI is InChI=1S/C15H13BrINO/c1-9-3-4-13(5-10(9)2)18-8-11-6-12(16)7-14(17)15(11)19/h3-8,19H,1-2H3. The fraction of sp³-hybridized carbons (Fsp3) is 0.133. The SMILES string of the molecule is Cc1ccc(N=Cc2cc(Br)cc(I)c2O)cc1C. The minimum atomic E-state index is 0.261. The number of hydrogen-bond acceptors (Lipinski definition) is 2. The minimum Gasteiger partial charge on any atom is -0.506 e. The van der Waals surface area contributed by atoms with Gasteiger partial charge in [-0.15, -0.1) is 0 Å². The number of benzene rings is 2. The molecule has 98 valence electrons. The molecular weight excluding hydrogens is 417 g/mol. The molecule has 0 aliphatic carbocycles. The molecule has 0 saturated heterocycles. The molecule has 2 aromatic rings.